The van der Waals surface area contributed by atoms with Crippen molar-refractivity contribution in [3.8, 4) is 5.88 Å². The van der Waals surface area contributed by atoms with E-state index in [0.717, 1.165) is 17.7 Å². The van der Waals surface area contributed by atoms with Crippen LogP contribution in [0.2, 0.25) is 0 Å². The molecule has 1 heterocycles. The molecule has 0 bridgehead atoms. The first-order valence-electron chi connectivity index (χ1n) is 6.00. The molecule has 5 heteroatoms. The molecule has 0 atom stereocenters. The zero-order valence-electron chi connectivity index (χ0n) is 10.5. The molecule has 0 unspecified atom stereocenters. The predicted octanol–water partition coefficient (Wildman–Crippen LogP) is 2.88. The number of ether oxygens (including phenoxy) is 1. The fourth-order valence-corrected chi connectivity index (χ4v) is 1.87. The van der Waals surface area contributed by atoms with Crippen LogP contribution < -0.4 is 9.64 Å². The summed E-state index contributed by atoms with van der Waals surface area (Å²) in [5, 5.41) is 1.08. The fraction of sp³-hybridized carbons (Fsp3) is 0.667. The molecule has 0 aliphatic carbocycles. The Morgan fingerprint density at radius 1 is 1.29 bits per heavy atom. The van der Waals surface area contributed by atoms with Crippen LogP contribution in [0, 0.1) is 0 Å². The largest absolute Gasteiger partial charge is 0.477 e. The van der Waals surface area contributed by atoms with Crippen LogP contribution in [0.3, 0.4) is 0 Å². The molecule has 0 radical (unpaired) electrons. The molecule has 0 aromatic carbocycles. The van der Waals surface area contributed by atoms with Crippen LogP contribution in [0.1, 0.15) is 26.2 Å². The van der Waals surface area contributed by atoms with E-state index in [9.17, 15) is 0 Å². The quantitative estimate of drug-likeness (QED) is 0.547. The maximum absolute atomic E-state index is 5.33. The third kappa shape index (κ3) is 5.35. The molecule has 4 nitrogen and oxygen atoms in total. The monoisotopic (exact) mass is 301 g/mol. The van der Waals surface area contributed by atoms with Gasteiger partial charge in [0.1, 0.15) is 0 Å². The second-order valence-electron chi connectivity index (χ2n) is 3.82. The van der Waals surface area contributed by atoms with Crippen molar-refractivity contribution in [1.82, 2.24) is 9.97 Å². The number of unbranched alkanes of at least 4 members (excludes halogenated alkanes) is 2. The predicted molar refractivity (Wildman–Crippen MR) is 74.1 cm³/mol. The standard InChI is InChI=1S/C12H20BrN3O/c1-3-17-12-10-14-9-11(15-12)16(2)8-6-4-5-7-13/h9-10H,3-8H2,1-2H3. The highest BCUT2D eigenvalue weighted by molar-refractivity contribution is 9.09. The summed E-state index contributed by atoms with van der Waals surface area (Å²) in [6.45, 7) is 3.56. The number of hydrogen-bond donors (Lipinski definition) is 0. The molecule has 0 saturated heterocycles. The summed E-state index contributed by atoms with van der Waals surface area (Å²) in [6, 6.07) is 0. The van der Waals surface area contributed by atoms with Crippen LogP contribution in [0.4, 0.5) is 5.82 Å². The van der Waals surface area contributed by atoms with Crippen LogP contribution >= 0.6 is 15.9 Å². The van der Waals surface area contributed by atoms with Gasteiger partial charge in [-0.15, -0.1) is 0 Å². The summed E-state index contributed by atoms with van der Waals surface area (Å²) in [7, 11) is 2.04. The lowest BCUT2D eigenvalue weighted by molar-refractivity contribution is 0.325. The Morgan fingerprint density at radius 2 is 2.12 bits per heavy atom. The number of halogens is 1. The average Bonchev–Trinajstić information content (AvgIpc) is 2.35. The number of rotatable bonds is 8. The molecule has 0 aliphatic heterocycles. The van der Waals surface area contributed by atoms with Crippen molar-refractivity contribution in [2.75, 3.05) is 30.4 Å². The van der Waals surface area contributed by atoms with Crippen molar-refractivity contribution in [2.45, 2.75) is 26.2 Å². The Morgan fingerprint density at radius 3 is 2.82 bits per heavy atom. The highest BCUT2D eigenvalue weighted by Crippen LogP contribution is 2.13. The Kier molecular flexibility index (Phi) is 6.93. The number of aromatic nitrogens is 2. The number of hydrogen-bond acceptors (Lipinski definition) is 4. The zero-order valence-corrected chi connectivity index (χ0v) is 12.1. The molecular weight excluding hydrogens is 282 g/mol. The Balaban J connectivity index is 2.44. The SMILES string of the molecule is CCOc1cncc(N(C)CCCCCBr)n1. The molecule has 17 heavy (non-hydrogen) atoms. The van der Waals surface area contributed by atoms with Gasteiger partial charge < -0.3 is 9.64 Å². The van der Waals surface area contributed by atoms with E-state index in [4.69, 9.17) is 4.74 Å². The Bertz CT molecular complexity index is 322. The molecule has 0 N–H and O–H groups in total. The first-order chi connectivity index (χ1) is 8.27. The number of anilines is 1. The summed E-state index contributed by atoms with van der Waals surface area (Å²) in [5.41, 5.74) is 0. The normalized spacial score (nSPS) is 10.3. The minimum atomic E-state index is 0.595. The van der Waals surface area contributed by atoms with Gasteiger partial charge in [0.25, 0.3) is 0 Å². The van der Waals surface area contributed by atoms with E-state index in [0.29, 0.717) is 12.5 Å². The second kappa shape index (κ2) is 8.28. The lowest BCUT2D eigenvalue weighted by atomic mass is 10.2. The van der Waals surface area contributed by atoms with Gasteiger partial charge in [0.05, 0.1) is 19.0 Å². The first kappa shape index (κ1) is 14.2. The lowest BCUT2D eigenvalue weighted by Crippen LogP contribution is -2.20. The molecule has 0 fully saturated rings. The highest BCUT2D eigenvalue weighted by atomic mass is 79.9. The van der Waals surface area contributed by atoms with Gasteiger partial charge in [0, 0.05) is 18.9 Å². The van der Waals surface area contributed by atoms with Gasteiger partial charge in [-0.2, -0.15) is 4.98 Å². The maximum atomic E-state index is 5.33. The van der Waals surface area contributed by atoms with Crippen molar-refractivity contribution < 1.29 is 4.74 Å². The summed E-state index contributed by atoms with van der Waals surface area (Å²) >= 11 is 3.44. The second-order valence-corrected chi connectivity index (χ2v) is 4.61. The van der Waals surface area contributed by atoms with Gasteiger partial charge in [-0.05, 0) is 19.8 Å². The molecule has 1 aromatic rings. The molecule has 96 valence electrons. The van der Waals surface area contributed by atoms with Gasteiger partial charge in [-0.25, -0.2) is 0 Å². The maximum Gasteiger partial charge on any atom is 0.234 e. The van der Waals surface area contributed by atoms with E-state index >= 15 is 0 Å². The van der Waals surface area contributed by atoms with Crippen molar-refractivity contribution >= 4 is 21.7 Å². The van der Waals surface area contributed by atoms with Crippen LogP contribution in [0.25, 0.3) is 0 Å². The van der Waals surface area contributed by atoms with Crippen LogP contribution in [-0.2, 0) is 0 Å². The van der Waals surface area contributed by atoms with Crippen molar-refractivity contribution in [3.05, 3.63) is 12.4 Å². The molecule has 0 aliphatic rings. The van der Waals surface area contributed by atoms with Gasteiger partial charge in [0.2, 0.25) is 5.88 Å². The van der Waals surface area contributed by atoms with Crippen LogP contribution in [0.5, 0.6) is 5.88 Å². The molecule has 0 saturated carbocycles. The smallest absolute Gasteiger partial charge is 0.234 e. The molecule has 1 aromatic heterocycles. The third-order valence-electron chi connectivity index (χ3n) is 2.41. The van der Waals surface area contributed by atoms with E-state index in [1.165, 1.54) is 19.3 Å². The Hall–Kier alpha value is -0.840. The summed E-state index contributed by atoms with van der Waals surface area (Å²) in [6.07, 6.45) is 7.04. The third-order valence-corrected chi connectivity index (χ3v) is 2.97. The molecule has 0 spiro atoms. The van der Waals surface area contributed by atoms with Crippen molar-refractivity contribution in [1.29, 1.82) is 0 Å². The van der Waals surface area contributed by atoms with Gasteiger partial charge >= 0.3 is 0 Å². The van der Waals surface area contributed by atoms with Gasteiger partial charge in [0.15, 0.2) is 5.82 Å². The summed E-state index contributed by atoms with van der Waals surface area (Å²) < 4.78 is 5.33. The first-order valence-corrected chi connectivity index (χ1v) is 7.12. The van der Waals surface area contributed by atoms with Crippen molar-refractivity contribution in [3.63, 3.8) is 0 Å². The van der Waals surface area contributed by atoms with E-state index in [2.05, 4.69) is 30.8 Å². The summed E-state index contributed by atoms with van der Waals surface area (Å²) in [5.74, 6) is 1.46. The lowest BCUT2D eigenvalue weighted by Gasteiger charge is -2.17. The highest BCUT2D eigenvalue weighted by Gasteiger charge is 2.04. The van der Waals surface area contributed by atoms with E-state index < -0.39 is 0 Å². The van der Waals surface area contributed by atoms with Gasteiger partial charge in [-0.3, -0.25) is 4.98 Å². The summed E-state index contributed by atoms with van der Waals surface area (Å²) in [4.78, 5) is 10.6. The minimum Gasteiger partial charge on any atom is -0.477 e. The number of nitrogens with zero attached hydrogens (tertiary/aromatic N) is 3. The minimum absolute atomic E-state index is 0.595. The topological polar surface area (TPSA) is 38.2 Å². The van der Waals surface area contributed by atoms with E-state index in [1.54, 1.807) is 12.4 Å². The van der Waals surface area contributed by atoms with Crippen LogP contribution in [0.15, 0.2) is 12.4 Å². The van der Waals surface area contributed by atoms with E-state index in [1.807, 2.05) is 14.0 Å². The van der Waals surface area contributed by atoms with Crippen molar-refractivity contribution in [2.24, 2.45) is 0 Å². The fourth-order valence-electron chi connectivity index (χ4n) is 1.47. The number of alkyl halides is 1. The van der Waals surface area contributed by atoms with Gasteiger partial charge in [-0.1, -0.05) is 22.4 Å². The molecule has 0 amide bonds. The van der Waals surface area contributed by atoms with E-state index in [-0.39, 0.29) is 0 Å². The molecule has 1 rings (SSSR count). The zero-order chi connectivity index (χ0) is 12.5. The van der Waals surface area contributed by atoms with Crippen LogP contribution in [-0.4, -0.2) is 35.5 Å². The molecular formula is C12H20BrN3O. The average molecular weight is 302 g/mol. The Labute approximate surface area is 112 Å².